The van der Waals surface area contributed by atoms with Gasteiger partial charge in [0.1, 0.15) is 0 Å². The molecule has 0 aromatic heterocycles. The van der Waals surface area contributed by atoms with Gasteiger partial charge in [0.05, 0.1) is 0 Å². The van der Waals surface area contributed by atoms with Crippen LogP contribution < -0.4 is 4.90 Å². The Balaban J connectivity index is 1.64. The lowest BCUT2D eigenvalue weighted by molar-refractivity contribution is 0.101. The Kier molecular flexibility index (Phi) is 4.65. The Bertz CT molecular complexity index is 518. The monoisotopic (exact) mass is 350 g/mol. The van der Waals surface area contributed by atoms with E-state index in [1.807, 2.05) is 6.07 Å². The highest BCUT2D eigenvalue weighted by atomic mass is 79.9. The van der Waals surface area contributed by atoms with Crippen LogP contribution in [-0.4, -0.2) is 42.9 Å². The molecular formula is C17H23BrN2O. The lowest BCUT2D eigenvalue weighted by Gasteiger charge is -2.39. The zero-order valence-electron chi connectivity index (χ0n) is 12.6. The van der Waals surface area contributed by atoms with Gasteiger partial charge in [-0.25, -0.2) is 0 Å². The van der Waals surface area contributed by atoms with E-state index in [0.717, 1.165) is 42.3 Å². The number of ketones is 1. The fourth-order valence-electron chi connectivity index (χ4n) is 3.60. The summed E-state index contributed by atoms with van der Waals surface area (Å²) in [5, 5.41) is 0. The molecule has 0 N–H and O–H groups in total. The molecule has 0 atom stereocenters. The highest BCUT2D eigenvalue weighted by molar-refractivity contribution is 9.10. The van der Waals surface area contributed by atoms with Gasteiger partial charge in [0.2, 0.25) is 0 Å². The molecule has 2 aliphatic rings. The van der Waals surface area contributed by atoms with Crippen molar-refractivity contribution in [3.8, 4) is 0 Å². The van der Waals surface area contributed by atoms with Crippen molar-refractivity contribution in [3.05, 3.63) is 28.2 Å². The summed E-state index contributed by atoms with van der Waals surface area (Å²) < 4.78 is 0.908. The van der Waals surface area contributed by atoms with E-state index < -0.39 is 0 Å². The van der Waals surface area contributed by atoms with Gasteiger partial charge in [-0.2, -0.15) is 0 Å². The molecule has 0 spiro atoms. The molecule has 3 rings (SSSR count). The van der Waals surface area contributed by atoms with Crippen LogP contribution in [0.5, 0.6) is 0 Å². The SMILES string of the molecule is CC(=O)c1ccc(N2CCN(C3CCCC3)CC2)cc1Br. The predicted molar refractivity (Wildman–Crippen MR) is 90.2 cm³/mol. The molecule has 1 aliphatic carbocycles. The fourth-order valence-corrected chi connectivity index (χ4v) is 4.25. The molecule has 0 amide bonds. The van der Waals surface area contributed by atoms with E-state index >= 15 is 0 Å². The topological polar surface area (TPSA) is 23.6 Å². The van der Waals surface area contributed by atoms with Crippen LogP contribution in [0, 0.1) is 0 Å². The quantitative estimate of drug-likeness (QED) is 0.776. The molecular weight excluding hydrogens is 328 g/mol. The second-order valence-electron chi connectivity index (χ2n) is 6.18. The first-order chi connectivity index (χ1) is 10.1. The smallest absolute Gasteiger partial charge is 0.160 e. The van der Waals surface area contributed by atoms with Gasteiger partial charge in [0, 0.05) is 47.9 Å². The van der Waals surface area contributed by atoms with Crippen molar-refractivity contribution >= 4 is 27.4 Å². The van der Waals surface area contributed by atoms with Gasteiger partial charge < -0.3 is 4.90 Å². The lowest BCUT2D eigenvalue weighted by Crippen LogP contribution is -2.49. The molecule has 3 nitrogen and oxygen atoms in total. The fraction of sp³-hybridized carbons (Fsp3) is 0.588. The first-order valence-electron chi connectivity index (χ1n) is 7.94. The van der Waals surface area contributed by atoms with Crippen LogP contribution in [-0.2, 0) is 0 Å². The van der Waals surface area contributed by atoms with Crippen molar-refractivity contribution < 1.29 is 4.79 Å². The number of carbonyl (C=O) groups excluding carboxylic acids is 1. The number of anilines is 1. The second kappa shape index (κ2) is 6.49. The van der Waals surface area contributed by atoms with Crippen LogP contribution in [0.25, 0.3) is 0 Å². The average Bonchev–Trinajstić information content (AvgIpc) is 3.01. The zero-order chi connectivity index (χ0) is 14.8. The average molecular weight is 351 g/mol. The van der Waals surface area contributed by atoms with E-state index in [4.69, 9.17) is 0 Å². The normalized spacial score (nSPS) is 21.0. The Morgan fingerprint density at radius 1 is 1.14 bits per heavy atom. The summed E-state index contributed by atoms with van der Waals surface area (Å²) in [6, 6.07) is 6.93. The number of Topliss-reactive ketones (excluding diaryl/α,β-unsaturated/α-hetero) is 1. The number of hydrogen-bond acceptors (Lipinski definition) is 3. The third kappa shape index (κ3) is 3.32. The maximum Gasteiger partial charge on any atom is 0.160 e. The highest BCUT2D eigenvalue weighted by Gasteiger charge is 2.26. The molecule has 21 heavy (non-hydrogen) atoms. The van der Waals surface area contributed by atoms with Gasteiger partial charge in [-0.1, -0.05) is 12.8 Å². The molecule has 0 radical (unpaired) electrons. The Morgan fingerprint density at radius 2 is 1.81 bits per heavy atom. The summed E-state index contributed by atoms with van der Waals surface area (Å²) in [5.74, 6) is 0.111. The summed E-state index contributed by atoms with van der Waals surface area (Å²) >= 11 is 3.52. The van der Waals surface area contributed by atoms with Crippen LogP contribution in [0.15, 0.2) is 22.7 Å². The summed E-state index contributed by atoms with van der Waals surface area (Å²) in [5.41, 5.74) is 1.99. The molecule has 0 bridgehead atoms. The molecule has 4 heteroatoms. The van der Waals surface area contributed by atoms with E-state index in [-0.39, 0.29) is 5.78 Å². The van der Waals surface area contributed by atoms with E-state index in [1.165, 1.54) is 31.4 Å². The summed E-state index contributed by atoms with van der Waals surface area (Å²) in [6.07, 6.45) is 5.59. The van der Waals surface area contributed by atoms with Crippen LogP contribution in [0.2, 0.25) is 0 Å². The lowest BCUT2D eigenvalue weighted by atomic mass is 10.1. The minimum Gasteiger partial charge on any atom is -0.369 e. The summed E-state index contributed by atoms with van der Waals surface area (Å²) in [4.78, 5) is 16.6. The van der Waals surface area contributed by atoms with Crippen molar-refractivity contribution in [1.82, 2.24) is 4.90 Å². The molecule has 1 aliphatic heterocycles. The van der Waals surface area contributed by atoms with E-state index in [1.54, 1.807) is 6.92 Å². The molecule has 1 heterocycles. The predicted octanol–water partition coefficient (Wildman–Crippen LogP) is 3.72. The molecule has 2 fully saturated rings. The first-order valence-corrected chi connectivity index (χ1v) is 8.74. The molecule has 114 valence electrons. The maximum atomic E-state index is 11.5. The number of rotatable bonds is 3. The van der Waals surface area contributed by atoms with Crippen LogP contribution in [0.1, 0.15) is 43.0 Å². The van der Waals surface area contributed by atoms with E-state index in [2.05, 4.69) is 37.9 Å². The zero-order valence-corrected chi connectivity index (χ0v) is 14.2. The number of carbonyl (C=O) groups is 1. The first kappa shape index (κ1) is 15.0. The van der Waals surface area contributed by atoms with Crippen molar-refractivity contribution in [1.29, 1.82) is 0 Å². The summed E-state index contributed by atoms with van der Waals surface area (Å²) in [6.45, 7) is 6.11. The summed E-state index contributed by atoms with van der Waals surface area (Å²) in [7, 11) is 0. The van der Waals surface area contributed by atoms with Crippen LogP contribution in [0.4, 0.5) is 5.69 Å². The van der Waals surface area contributed by atoms with Crippen LogP contribution in [0.3, 0.4) is 0 Å². The number of hydrogen-bond donors (Lipinski definition) is 0. The van der Waals surface area contributed by atoms with Gasteiger partial charge in [-0.15, -0.1) is 0 Å². The number of piperazine rings is 1. The van der Waals surface area contributed by atoms with Gasteiger partial charge >= 0.3 is 0 Å². The standard InChI is InChI=1S/C17H23BrN2O/c1-13(21)16-7-6-15(12-17(16)18)20-10-8-19(9-11-20)14-4-2-3-5-14/h6-7,12,14H,2-5,8-11H2,1H3. The van der Waals surface area contributed by atoms with Gasteiger partial charge in [0.25, 0.3) is 0 Å². The third-order valence-corrected chi connectivity index (χ3v) is 5.51. The maximum absolute atomic E-state index is 11.5. The Labute approximate surface area is 135 Å². The van der Waals surface area contributed by atoms with Crippen LogP contribution >= 0.6 is 15.9 Å². The van der Waals surface area contributed by atoms with E-state index in [0.29, 0.717) is 0 Å². The van der Waals surface area contributed by atoms with Crippen molar-refractivity contribution in [3.63, 3.8) is 0 Å². The minimum atomic E-state index is 0.111. The molecule has 1 saturated carbocycles. The third-order valence-electron chi connectivity index (χ3n) is 4.85. The van der Waals surface area contributed by atoms with Crippen molar-refractivity contribution in [2.75, 3.05) is 31.1 Å². The minimum absolute atomic E-state index is 0.111. The Hall–Kier alpha value is -0.870. The molecule has 0 unspecified atom stereocenters. The van der Waals surface area contributed by atoms with Gasteiger partial charge in [0.15, 0.2) is 5.78 Å². The van der Waals surface area contributed by atoms with Gasteiger partial charge in [-0.05, 0) is 53.9 Å². The molecule has 1 aromatic rings. The van der Waals surface area contributed by atoms with Gasteiger partial charge in [-0.3, -0.25) is 9.69 Å². The molecule has 1 aromatic carbocycles. The molecule has 1 saturated heterocycles. The number of benzene rings is 1. The van der Waals surface area contributed by atoms with E-state index in [9.17, 15) is 4.79 Å². The Morgan fingerprint density at radius 3 is 2.38 bits per heavy atom. The second-order valence-corrected chi connectivity index (χ2v) is 7.04. The number of halogens is 1. The van der Waals surface area contributed by atoms with Crippen molar-refractivity contribution in [2.24, 2.45) is 0 Å². The largest absolute Gasteiger partial charge is 0.369 e. The van der Waals surface area contributed by atoms with Crippen molar-refractivity contribution in [2.45, 2.75) is 38.6 Å². The number of nitrogens with zero attached hydrogens (tertiary/aromatic N) is 2. The highest BCUT2D eigenvalue weighted by Crippen LogP contribution is 2.28.